The fraction of sp³-hybridized carbons (Fsp3) is 0.111. The first kappa shape index (κ1) is 28.3. The Morgan fingerprint density at radius 1 is 0.727 bits per heavy atom. The van der Waals surface area contributed by atoms with Crippen LogP contribution in [0.2, 0.25) is 0 Å². The van der Waals surface area contributed by atoms with Crippen LogP contribution in [0.15, 0.2) is 67.5 Å². The van der Waals surface area contributed by atoms with Crippen LogP contribution in [0, 0.1) is 0 Å². The summed E-state index contributed by atoms with van der Waals surface area (Å²) in [5, 5.41) is 1.35. The summed E-state index contributed by atoms with van der Waals surface area (Å²) >= 11 is 0.967. The molecule has 15 heteroatoms. The van der Waals surface area contributed by atoms with Gasteiger partial charge in [-0.25, -0.2) is 19.9 Å². The van der Waals surface area contributed by atoms with E-state index in [0.717, 1.165) is 21.1 Å². The molecule has 0 saturated heterocycles. The molecule has 0 N–H and O–H groups in total. The summed E-state index contributed by atoms with van der Waals surface area (Å²) in [6, 6.07) is 10.2. The monoisotopic (exact) mass is 606 g/mol. The molecule has 33 heavy (non-hydrogen) atoms. The maximum Gasteiger partial charge on any atom is 2.00 e. The van der Waals surface area contributed by atoms with Crippen molar-refractivity contribution in [3.05, 3.63) is 48.8 Å². The van der Waals surface area contributed by atoms with Crippen LogP contribution in [-0.4, -0.2) is 50.0 Å². The van der Waals surface area contributed by atoms with Crippen LogP contribution in [0.4, 0.5) is 0 Å². The van der Waals surface area contributed by atoms with E-state index in [2.05, 4.69) is 19.9 Å². The van der Waals surface area contributed by atoms with E-state index in [9.17, 15) is 17.5 Å². The van der Waals surface area contributed by atoms with Gasteiger partial charge in [-0.2, -0.15) is 0 Å². The van der Waals surface area contributed by atoms with Gasteiger partial charge in [0.05, 0.1) is 29.6 Å². The second-order valence-corrected chi connectivity index (χ2v) is 11.6. The number of nitrogens with zero attached hydrogens (tertiary/aromatic N) is 4. The average Bonchev–Trinajstić information content (AvgIpc) is 3.50. The van der Waals surface area contributed by atoms with E-state index in [1.165, 1.54) is 46.2 Å². The van der Waals surface area contributed by atoms with Crippen LogP contribution in [-0.2, 0) is 41.6 Å². The molecule has 0 radical (unpaired) electrons. The van der Waals surface area contributed by atoms with Crippen molar-refractivity contribution in [2.75, 3.05) is 12.5 Å². The van der Waals surface area contributed by atoms with Gasteiger partial charge in [0.25, 0.3) is 0 Å². The average molecular weight is 608 g/mol. The molecule has 0 fully saturated rings. The predicted molar refractivity (Wildman–Crippen MR) is 129 cm³/mol. The number of aromatic nitrogens is 4. The zero-order chi connectivity index (χ0) is 23.1. The molecule has 2 unspecified atom stereocenters. The van der Waals surface area contributed by atoms with Crippen molar-refractivity contribution in [1.29, 1.82) is 0 Å². The molecule has 0 aliphatic heterocycles. The summed E-state index contributed by atoms with van der Waals surface area (Å²) in [6.45, 7) is 0. The van der Waals surface area contributed by atoms with Gasteiger partial charge in [-0.1, -0.05) is 23.5 Å². The Hall–Kier alpha value is -0.897. The molecule has 0 aliphatic rings. The van der Waals surface area contributed by atoms with E-state index in [4.69, 9.17) is 0 Å². The summed E-state index contributed by atoms with van der Waals surface area (Å²) < 4.78 is 43.6. The van der Waals surface area contributed by atoms with Crippen LogP contribution < -0.4 is 0 Å². The van der Waals surface area contributed by atoms with E-state index in [0.29, 0.717) is 18.7 Å². The molecule has 0 aliphatic carbocycles. The molecule has 4 rings (SSSR count). The molecule has 2 atom stereocenters. The molecule has 0 amide bonds. The molecule has 0 saturated carbocycles. The van der Waals surface area contributed by atoms with Gasteiger partial charge < -0.3 is 9.11 Å². The fourth-order valence-electron chi connectivity index (χ4n) is 2.25. The third-order valence-corrected chi connectivity index (χ3v) is 8.80. The first-order chi connectivity index (χ1) is 15.4. The van der Waals surface area contributed by atoms with Gasteiger partial charge in [0, 0.05) is 12.4 Å². The van der Waals surface area contributed by atoms with E-state index in [1.807, 2.05) is 12.5 Å². The normalized spacial score (nSPS) is 12.2. The Balaban J connectivity index is 0.000000227. The SMILES string of the molecule is CSc1nccc(-c2ccc(S(=O)[O-])s2)n1.CSc1nccc(-c2ccc(S(=O)[O-])s2)n1.[Zn+2]. The number of thiophene rings is 2. The van der Waals surface area contributed by atoms with Crippen molar-refractivity contribution in [3.63, 3.8) is 0 Å². The Bertz CT molecular complexity index is 1160. The van der Waals surface area contributed by atoms with Crippen molar-refractivity contribution < 1.29 is 37.0 Å². The number of hydrogen-bond acceptors (Lipinski definition) is 12. The largest absolute Gasteiger partial charge is 2.00 e. The maximum absolute atomic E-state index is 10.7. The minimum absolute atomic E-state index is 0. The van der Waals surface area contributed by atoms with Gasteiger partial charge in [-0.05, 0) is 71.1 Å². The van der Waals surface area contributed by atoms with Crippen molar-refractivity contribution >= 4 is 68.4 Å². The summed E-state index contributed by atoms with van der Waals surface area (Å²) in [5.41, 5.74) is 1.50. The third-order valence-electron chi connectivity index (χ3n) is 3.63. The molecular weight excluding hydrogens is 594 g/mol. The number of hydrogen-bond donors (Lipinski definition) is 0. The first-order valence-corrected chi connectivity index (χ1v) is 14.8. The van der Waals surface area contributed by atoms with E-state index in [1.54, 1.807) is 48.8 Å². The predicted octanol–water partition coefficient (Wildman–Crippen LogP) is 4.33. The molecule has 4 heterocycles. The number of rotatable bonds is 6. The molecule has 0 bridgehead atoms. The van der Waals surface area contributed by atoms with E-state index >= 15 is 0 Å². The summed E-state index contributed by atoms with van der Waals surface area (Å²) in [7, 11) is 0. The maximum atomic E-state index is 10.7. The second kappa shape index (κ2) is 13.9. The third kappa shape index (κ3) is 8.08. The quantitative estimate of drug-likeness (QED) is 0.135. The van der Waals surface area contributed by atoms with Gasteiger partial charge >= 0.3 is 19.5 Å². The van der Waals surface area contributed by atoms with Crippen molar-refractivity contribution in [2.45, 2.75) is 18.7 Å². The minimum Gasteiger partial charge on any atom is -0.768 e. The van der Waals surface area contributed by atoms with Gasteiger partial charge in [-0.15, -0.1) is 22.7 Å². The van der Waals surface area contributed by atoms with Crippen LogP contribution in [0.1, 0.15) is 0 Å². The van der Waals surface area contributed by atoms with E-state index in [-0.39, 0.29) is 19.5 Å². The Labute approximate surface area is 224 Å². The van der Waals surface area contributed by atoms with Crippen LogP contribution in [0.3, 0.4) is 0 Å². The van der Waals surface area contributed by atoms with Crippen molar-refractivity contribution in [3.8, 4) is 21.1 Å². The Kier molecular flexibility index (Phi) is 11.9. The minimum atomic E-state index is -2.17. The van der Waals surface area contributed by atoms with Gasteiger partial charge in [0.15, 0.2) is 10.3 Å². The van der Waals surface area contributed by atoms with Crippen molar-refractivity contribution in [1.82, 2.24) is 19.9 Å². The molecular formula is C18H14N4O4S6Zn. The topological polar surface area (TPSA) is 132 Å². The summed E-state index contributed by atoms with van der Waals surface area (Å²) in [6.07, 6.45) is 7.13. The van der Waals surface area contributed by atoms with Crippen LogP contribution in [0.5, 0.6) is 0 Å². The molecule has 168 valence electrons. The standard InChI is InChI=1S/2C9H8N2O2S3.Zn/c2*1-14-9-10-5-4-6(11-9)7-2-3-8(15-7)16(12)13;/h2*2-5H,1H3,(H,12,13);/q;;+2/p-2. The van der Waals surface area contributed by atoms with Gasteiger partial charge in [-0.3, -0.25) is 8.42 Å². The fourth-order valence-corrected chi connectivity index (χ4v) is 5.81. The van der Waals surface area contributed by atoms with Crippen LogP contribution >= 0.6 is 46.2 Å². The Morgan fingerprint density at radius 2 is 1.12 bits per heavy atom. The molecule has 4 aromatic rings. The van der Waals surface area contributed by atoms with Crippen molar-refractivity contribution in [2.24, 2.45) is 0 Å². The molecule has 0 aromatic carbocycles. The van der Waals surface area contributed by atoms with Crippen LogP contribution in [0.25, 0.3) is 21.1 Å². The molecule has 4 aromatic heterocycles. The Morgan fingerprint density at radius 3 is 1.42 bits per heavy atom. The molecule has 8 nitrogen and oxygen atoms in total. The first-order valence-electron chi connectivity index (χ1n) is 8.54. The zero-order valence-corrected chi connectivity index (χ0v) is 25.1. The number of thioether (sulfide) groups is 2. The van der Waals surface area contributed by atoms with Gasteiger partial charge in [0.2, 0.25) is 0 Å². The summed E-state index contributed by atoms with van der Waals surface area (Å²) in [5.74, 6) is 0. The summed E-state index contributed by atoms with van der Waals surface area (Å²) in [4.78, 5) is 18.4. The van der Waals surface area contributed by atoms with Gasteiger partial charge in [0.1, 0.15) is 0 Å². The second-order valence-electron chi connectivity index (χ2n) is 5.56. The smallest absolute Gasteiger partial charge is 0.768 e. The van der Waals surface area contributed by atoms with E-state index < -0.39 is 22.2 Å². The zero-order valence-electron chi connectivity index (χ0n) is 17.2. The molecule has 0 spiro atoms.